The van der Waals surface area contributed by atoms with Gasteiger partial charge in [-0.3, -0.25) is 9.59 Å². The van der Waals surface area contributed by atoms with Gasteiger partial charge in [0.15, 0.2) is 0 Å². The van der Waals surface area contributed by atoms with Crippen LogP contribution in [0.3, 0.4) is 0 Å². The van der Waals surface area contributed by atoms with E-state index in [1.54, 1.807) is 19.2 Å². The number of esters is 1. The van der Waals surface area contributed by atoms with Crippen LogP contribution < -0.4 is 4.74 Å². The molecule has 0 aliphatic carbocycles. The fourth-order valence-corrected chi connectivity index (χ4v) is 5.76. The Morgan fingerprint density at radius 3 is 1.91 bits per heavy atom. The molecule has 10 heteroatoms. The Bertz CT molecular complexity index is 1420. The molecule has 1 aliphatic rings. The van der Waals surface area contributed by atoms with Crippen LogP contribution in [-0.2, 0) is 39.3 Å². The average Bonchev–Trinajstić information content (AvgIpc) is 3.55. The van der Waals surface area contributed by atoms with Crippen molar-refractivity contribution in [2.45, 2.75) is 70.1 Å². The van der Waals surface area contributed by atoms with Crippen LogP contribution in [0.4, 0.5) is 22.0 Å². The first-order valence-corrected chi connectivity index (χ1v) is 15.6. The maximum atomic E-state index is 14.1. The molecule has 1 heterocycles. The zero-order valence-electron chi connectivity index (χ0n) is 26.1. The SMILES string of the molecule is CCC(F)(F)c1ccc(CC(=O)OC(c2ccc(OC)cc2)C(CCC(=O)Cc2ccc(C(F)(F)F)cc2)CN2CCCC2)cc1. The number of carbonyl (C=O) groups excluding carboxylic acids is 2. The van der Waals surface area contributed by atoms with Crippen LogP contribution in [0, 0.1) is 5.92 Å². The molecule has 248 valence electrons. The Morgan fingerprint density at radius 2 is 1.37 bits per heavy atom. The van der Waals surface area contributed by atoms with Gasteiger partial charge in [0, 0.05) is 37.3 Å². The molecule has 1 saturated heterocycles. The van der Waals surface area contributed by atoms with Gasteiger partial charge in [0.2, 0.25) is 0 Å². The van der Waals surface area contributed by atoms with Crippen LogP contribution in [0.2, 0.25) is 0 Å². The van der Waals surface area contributed by atoms with Crippen LogP contribution in [0.15, 0.2) is 72.8 Å². The highest BCUT2D eigenvalue weighted by Gasteiger charge is 2.32. The van der Waals surface area contributed by atoms with E-state index in [-0.39, 0.29) is 42.9 Å². The largest absolute Gasteiger partial charge is 0.497 e. The zero-order valence-corrected chi connectivity index (χ0v) is 26.1. The minimum atomic E-state index is -4.45. The molecule has 1 fully saturated rings. The van der Waals surface area contributed by atoms with Crippen LogP contribution in [0.5, 0.6) is 5.75 Å². The van der Waals surface area contributed by atoms with Gasteiger partial charge in [-0.15, -0.1) is 0 Å². The van der Waals surface area contributed by atoms with E-state index < -0.39 is 29.7 Å². The Labute approximate surface area is 266 Å². The fourth-order valence-electron chi connectivity index (χ4n) is 5.76. The lowest BCUT2D eigenvalue weighted by Crippen LogP contribution is -2.33. The van der Waals surface area contributed by atoms with Gasteiger partial charge in [0.25, 0.3) is 5.92 Å². The quantitative estimate of drug-likeness (QED) is 0.123. The summed E-state index contributed by atoms with van der Waals surface area (Å²) in [5.74, 6) is -3.25. The molecular formula is C36H40F5NO4. The molecule has 2 atom stereocenters. The number of likely N-dealkylation sites (tertiary alicyclic amines) is 1. The molecule has 1 aliphatic heterocycles. The van der Waals surface area contributed by atoms with Gasteiger partial charge in [-0.1, -0.05) is 55.5 Å². The Kier molecular flexibility index (Phi) is 11.9. The predicted octanol–water partition coefficient (Wildman–Crippen LogP) is 8.35. The second-order valence-corrected chi connectivity index (χ2v) is 11.8. The van der Waals surface area contributed by atoms with E-state index in [0.717, 1.165) is 43.6 Å². The van der Waals surface area contributed by atoms with Crippen molar-refractivity contribution < 1.29 is 41.0 Å². The molecular weight excluding hydrogens is 605 g/mol. The van der Waals surface area contributed by atoms with E-state index in [2.05, 4.69) is 4.90 Å². The van der Waals surface area contributed by atoms with Crippen molar-refractivity contribution in [2.24, 2.45) is 5.92 Å². The Hall–Kier alpha value is -3.79. The molecule has 5 nitrogen and oxygen atoms in total. The van der Waals surface area contributed by atoms with Crippen molar-refractivity contribution in [2.75, 3.05) is 26.7 Å². The highest BCUT2D eigenvalue weighted by molar-refractivity contribution is 5.80. The number of rotatable bonds is 15. The van der Waals surface area contributed by atoms with E-state index in [9.17, 15) is 31.5 Å². The number of ether oxygens (including phenoxy) is 2. The first kappa shape index (κ1) is 35.1. The van der Waals surface area contributed by atoms with Crippen LogP contribution >= 0.6 is 0 Å². The summed E-state index contributed by atoms with van der Waals surface area (Å²) in [5.41, 5.74) is 0.876. The molecule has 46 heavy (non-hydrogen) atoms. The Morgan fingerprint density at radius 1 is 0.804 bits per heavy atom. The highest BCUT2D eigenvalue weighted by atomic mass is 19.4. The molecule has 2 unspecified atom stereocenters. The summed E-state index contributed by atoms with van der Waals surface area (Å²) < 4.78 is 78.5. The van der Waals surface area contributed by atoms with Gasteiger partial charge in [0.05, 0.1) is 19.1 Å². The van der Waals surface area contributed by atoms with Crippen LogP contribution in [-0.4, -0.2) is 43.4 Å². The number of halogens is 5. The monoisotopic (exact) mass is 645 g/mol. The third-order valence-electron chi connectivity index (χ3n) is 8.47. The molecule has 0 aromatic heterocycles. The Balaban J connectivity index is 1.51. The van der Waals surface area contributed by atoms with Crippen molar-refractivity contribution in [3.8, 4) is 5.75 Å². The number of alkyl halides is 5. The van der Waals surface area contributed by atoms with Crippen LogP contribution in [0.1, 0.15) is 72.9 Å². The normalized spacial score (nSPS) is 15.4. The minimum absolute atomic E-state index is 0.00532. The lowest BCUT2D eigenvalue weighted by Gasteiger charge is -2.31. The third kappa shape index (κ3) is 9.85. The van der Waals surface area contributed by atoms with E-state index in [1.165, 1.54) is 43.3 Å². The van der Waals surface area contributed by atoms with Crippen molar-refractivity contribution in [3.63, 3.8) is 0 Å². The van der Waals surface area contributed by atoms with Crippen molar-refractivity contribution in [1.82, 2.24) is 4.90 Å². The highest BCUT2D eigenvalue weighted by Crippen LogP contribution is 2.35. The van der Waals surface area contributed by atoms with Gasteiger partial charge < -0.3 is 14.4 Å². The molecule has 0 radical (unpaired) electrons. The molecule has 0 saturated carbocycles. The predicted molar refractivity (Wildman–Crippen MR) is 165 cm³/mol. The summed E-state index contributed by atoms with van der Waals surface area (Å²) in [4.78, 5) is 28.6. The van der Waals surface area contributed by atoms with Gasteiger partial charge in [0.1, 0.15) is 17.6 Å². The number of methoxy groups -OCH3 is 1. The first-order chi connectivity index (χ1) is 21.9. The fraction of sp³-hybridized carbons (Fsp3) is 0.444. The number of nitrogens with zero attached hydrogens (tertiary/aromatic N) is 1. The van der Waals surface area contributed by atoms with E-state index in [1.807, 2.05) is 12.1 Å². The topological polar surface area (TPSA) is 55.8 Å². The van der Waals surface area contributed by atoms with Crippen molar-refractivity contribution in [1.29, 1.82) is 0 Å². The average molecular weight is 646 g/mol. The molecule has 0 spiro atoms. The standard InChI is InChI=1S/C36H40F5NO4/c1-3-35(37,38)29-13-6-26(7-14-29)23-33(44)46-34(27-11-18-32(45-2)19-12-27)28(24-42-20-4-5-21-42)10-17-31(43)22-25-8-15-30(16-9-25)36(39,40)41/h6-9,11-16,18-19,28,34H,3-5,10,17,20-24H2,1-2H3. The summed E-state index contributed by atoms with van der Waals surface area (Å²) in [5, 5.41) is 0. The summed E-state index contributed by atoms with van der Waals surface area (Å²) in [6, 6.07) is 17.4. The molecule has 0 bridgehead atoms. The second-order valence-electron chi connectivity index (χ2n) is 11.8. The molecule has 3 aromatic carbocycles. The van der Waals surface area contributed by atoms with Crippen molar-refractivity contribution >= 4 is 11.8 Å². The number of hydrogen-bond donors (Lipinski definition) is 0. The maximum Gasteiger partial charge on any atom is 0.416 e. The molecule has 0 amide bonds. The number of ketones is 1. The summed E-state index contributed by atoms with van der Waals surface area (Å²) in [6.07, 6.45) is -2.99. The third-order valence-corrected chi connectivity index (χ3v) is 8.47. The summed E-state index contributed by atoms with van der Waals surface area (Å²) >= 11 is 0. The lowest BCUT2D eigenvalue weighted by atomic mass is 9.89. The number of carbonyl (C=O) groups is 2. The molecule has 3 aromatic rings. The van der Waals surface area contributed by atoms with E-state index >= 15 is 0 Å². The first-order valence-electron chi connectivity index (χ1n) is 15.6. The van der Waals surface area contributed by atoms with Gasteiger partial charge in [-0.2, -0.15) is 13.2 Å². The van der Waals surface area contributed by atoms with Gasteiger partial charge in [-0.05, 0) is 73.3 Å². The second kappa shape index (κ2) is 15.7. The maximum absolute atomic E-state index is 14.1. The van der Waals surface area contributed by atoms with Gasteiger partial charge >= 0.3 is 12.1 Å². The summed E-state index contributed by atoms with van der Waals surface area (Å²) in [7, 11) is 1.55. The number of hydrogen-bond acceptors (Lipinski definition) is 5. The molecule has 0 N–H and O–H groups in total. The number of Topliss-reactive ketones (excluding diaryl/α,β-unsaturated/α-hetero) is 1. The minimum Gasteiger partial charge on any atom is -0.497 e. The van der Waals surface area contributed by atoms with Gasteiger partial charge in [-0.25, -0.2) is 8.78 Å². The van der Waals surface area contributed by atoms with Crippen molar-refractivity contribution in [3.05, 3.63) is 101 Å². The zero-order chi connectivity index (χ0) is 33.3. The van der Waals surface area contributed by atoms with Crippen LogP contribution in [0.25, 0.3) is 0 Å². The number of benzene rings is 3. The molecule has 4 rings (SSSR count). The summed E-state index contributed by atoms with van der Waals surface area (Å²) in [6.45, 7) is 3.76. The smallest absolute Gasteiger partial charge is 0.416 e. The lowest BCUT2D eigenvalue weighted by molar-refractivity contribution is -0.152. The van der Waals surface area contributed by atoms with E-state index in [4.69, 9.17) is 9.47 Å². The van der Waals surface area contributed by atoms with E-state index in [0.29, 0.717) is 29.8 Å².